The smallest absolute Gasteiger partial charge is 0.0332 e. The number of allylic oxidation sites excluding steroid dienone is 3. The van der Waals surface area contributed by atoms with Crippen molar-refractivity contribution in [3.63, 3.8) is 0 Å². The van der Waals surface area contributed by atoms with E-state index >= 15 is 0 Å². The molecule has 1 unspecified atom stereocenters. The molecule has 0 aliphatic carbocycles. The van der Waals surface area contributed by atoms with Crippen LogP contribution in [0.1, 0.15) is 32.6 Å². The normalized spacial score (nSPS) is 28.4. The molecule has 0 aromatic carbocycles. The van der Waals surface area contributed by atoms with Crippen LogP contribution in [-0.4, -0.2) is 6.21 Å². The van der Waals surface area contributed by atoms with Gasteiger partial charge in [0.2, 0.25) is 0 Å². The highest BCUT2D eigenvalue weighted by molar-refractivity contribution is 5.71. The molecule has 0 amide bonds. The molecule has 1 aliphatic heterocycles. The topological polar surface area (TPSA) is 12.4 Å². The van der Waals surface area contributed by atoms with Crippen LogP contribution >= 0.6 is 0 Å². The second-order valence-corrected chi connectivity index (χ2v) is 3.49. The van der Waals surface area contributed by atoms with E-state index in [1.165, 1.54) is 19.3 Å². The summed E-state index contributed by atoms with van der Waals surface area (Å²) in [6, 6.07) is 0. The minimum absolute atomic E-state index is 0.805. The van der Waals surface area contributed by atoms with Gasteiger partial charge in [0.15, 0.2) is 0 Å². The third-order valence-electron chi connectivity index (χ3n) is 2.23. The maximum absolute atomic E-state index is 4.21. The molecule has 1 aliphatic rings. The summed E-state index contributed by atoms with van der Waals surface area (Å²) in [6.07, 6.45) is 10.8. The van der Waals surface area contributed by atoms with Crippen LogP contribution in [0.4, 0.5) is 0 Å². The maximum Gasteiger partial charge on any atom is 0.0332 e. The van der Waals surface area contributed by atoms with Crippen LogP contribution in [0.3, 0.4) is 0 Å². The largest absolute Gasteiger partial charge is 0.262 e. The van der Waals surface area contributed by atoms with E-state index in [4.69, 9.17) is 0 Å². The summed E-state index contributed by atoms with van der Waals surface area (Å²) in [4.78, 5) is 4.21. The molecule has 0 N–H and O–H groups in total. The van der Waals surface area contributed by atoms with Crippen molar-refractivity contribution in [2.45, 2.75) is 32.6 Å². The monoisotopic (exact) mass is 163 g/mol. The first-order valence-electron chi connectivity index (χ1n) is 4.66. The average Bonchev–Trinajstić information content (AvgIpc) is 2.07. The summed E-state index contributed by atoms with van der Waals surface area (Å²) >= 11 is 0. The highest BCUT2D eigenvalue weighted by Gasteiger charge is 2.02. The molecule has 0 saturated carbocycles. The highest BCUT2D eigenvalue weighted by atomic mass is 14.7. The predicted molar refractivity (Wildman–Crippen MR) is 54.4 cm³/mol. The quantitative estimate of drug-likeness (QED) is 0.519. The lowest BCUT2D eigenvalue weighted by Crippen LogP contribution is -1.95. The Kier molecular flexibility index (Phi) is 3.78. The summed E-state index contributed by atoms with van der Waals surface area (Å²) in [5.74, 6) is 0.805. The van der Waals surface area contributed by atoms with E-state index in [9.17, 15) is 0 Å². The van der Waals surface area contributed by atoms with E-state index in [2.05, 4.69) is 24.6 Å². The molecule has 0 fully saturated rings. The fourth-order valence-electron chi connectivity index (χ4n) is 1.31. The Hall–Kier alpha value is -0.850. The Morgan fingerprint density at radius 1 is 1.50 bits per heavy atom. The van der Waals surface area contributed by atoms with Crippen molar-refractivity contribution >= 4 is 6.21 Å². The van der Waals surface area contributed by atoms with Gasteiger partial charge in [-0.25, -0.2) is 0 Å². The highest BCUT2D eigenvalue weighted by Crippen LogP contribution is 2.17. The molecule has 0 spiro atoms. The zero-order chi connectivity index (χ0) is 8.81. The van der Waals surface area contributed by atoms with Gasteiger partial charge in [0.25, 0.3) is 0 Å². The van der Waals surface area contributed by atoms with Crippen molar-refractivity contribution in [1.29, 1.82) is 0 Å². The first-order valence-corrected chi connectivity index (χ1v) is 4.66. The number of hydrogen-bond acceptors (Lipinski definition) is 1. The summed E-state index contributed by atoms with van der Waals surface area (Å²) in [6.45, 7) is 6.19. The molecule has 0 aromatic rings. The Morgan fingerprint density at radius 2 is 2.33 bits per heavy atom. The lowest BCUT2D eigenvalue weighted by atomic mass is 9.98. The van der Waals surface area contributed by atoms with Crippen LogP contribution in [0, 0.1) is 5.92 Å². The van der Waals surface area contributed by atoms with E-state index in [0.717, 1.165) is 18.0 Å². The first kappa shape index (κ1) is 9.24. The van der Waals surface area contributed by atoms with Gasteiger partial charge in [0.1, 0.15) is 0 Å². The van der Waals surface area contributed by atoms with Gasteiger partial charge in [-0.05, 0) is 37.7 Å². The molecule has 0 saturated heterocycles. The summed E-state index contributed by atoms with van der Waals surface area (Å²) in [5, 5.41) is 0. The third kappa shape index (κ3) is 3.51. The Balaban J connectivity index is 2.51. The molecule has 12 heavy (non-hydrogen) atoms. The zero-order valence-electron chi connectivity index (χ0n) is 7.79. The average molecular weight is 163 g/mol. The molecular weight excluding hydrogens is 146 g/mol. The number of nitrogens with zero attached hydrogens (tertiary/aromatic N) is 1. The van der Waals surface area contributed by atoms with Gasteiger partial charge >= 0.3 is 0 Å². The first-order chi connectivity index (χ1) is 5.79. The lowest BCUT2D eigenvalue weighted by Gasteiger charge is -2.09. The summed E-state index contributed by atoms with van der Waals surface area (Å²) in [5.41, 5.74) is 1.01. The van der Waals surface area contributed by atoms with Crippen LogP contribution in [-0.2, 0) is 0 Å². The predicted octanol–water partition coefficient (Wildman–Crippen LogP) is 3.34. The van der Waals surface area contributed by atoms with E-state index in [-0.39, 0.29) is 0 Å². The van der Waals surface area contributed by atoms with Crippen molar-refractivity contribution in [3.8, 4) is 0 Å². The van der Waals surface area contributed by atoms with Crippen LogP contribution in [0.5, 0.6) is 0 Å². The molecule has 1 heterocycles. The Morgan fingerprint density at radius 3 is 3.17 bits per heavy atom. The third-order valence-corrected chi connectivity index (χ3v) is 2.23. The molecule has 1 rings (SSSR count). The van der Waals surface area contributed by atoms with Gasteiger partial charge in [-0.15, -0.1) is 0 Å². The van der Waals surface area contributed by atoms with E-state index < -0.39 is 0 Å². The lowest BCUT2D eigenvalue weighted by molar-refractivity contribution is 0.495. The van der Waals surface area contributed by atoms with Crippen molar-refractivity contribution in [2.24, 2.45) is 10.9 Å². The molecule has 0 radical (unpaired) electrons. The molecule has 1 atom stereocenters. The summed E-state index contributed by atoms with van der Waals surface area (Å²) in [7, 11) is 0. The second-order valence-electron chi connectivity index (χ2n) is 3.49. The van der Waals surface area contributed by atoms with Gasteiger partial charge < -0.3 is 0 Å². The molecule has 1 heteroatoms. The fourth-order valence-corrected chi connectivity index (χ4v) is 1.31. The van der Waals surface area contributed by atoms with Crippen molar-refractivity contribution in [3.05, 3.63) is 24.4 Å². The number of aliphatic imine (C=N–C) groups is 1. The number of hydrogen-bond donors (Lipinski definition) is 0. The molecular formula is C11H17N. The zero-order valence-corrected chi connectivity index (χ0v) is 7.79. The molecule has 66 valence electrons. The fraction of sp³-hybridized carbons (Fsp3) is 0.545. The number of rotatable bonds is 0. The van der Waals surface area contributed by atoms with Crippen LogP contribution in [0.25, 0.3) is 0 Å². The van der Waals surface area contributed by atoms with Crippen LogP contribution in [0.15, 0.2) is 29.4 Å². The van der Waals surface area contributed by atoms with Crippen LogP contribution in [0.2, 0.25) is 0 Å². The van der Waals surface area contributed by atoms with Crippen LogP contribution < -0.4 is 0 Å². The second kappa shape index (κ2) is 4.91. The van der Waals surface area contributed by atoms with E-state index in [0.29, 0.717) is 0 Å². The minimum Gasteiger partial charge on any atom is -0.262 e. The molecule has 0 bridgehead atoms. The van der Waals surface area contributed by atoms with E-state index in [1.807, 2.05) is 12.3 Å². The van der Waals surface area contributed by atoms with E-state index in [1.54, 1.807) is 0 Å². The van der Waals surface area contributed by atoms with Crippen molar-refractivity contribution in [1.82, 2.24) is 0 Å². The molecule has 0 aromatic heterocycles. The minimum atomic E-state index is 0.805. The Labute approximate surface area is 74.9 Å². The molecule has 1 nitrogen and oxygen atoms in total. The standard InChI is InChI=1S/C11H17N/c1-10-6-4-3-5-9-12-11(2)8-7-10/h3,5,9-10H,2,4,6-8H2,1H3/b5-3-,12-9?. The van der Waals surface area contributed by atoms with Crippen molar-refractivity contribution in [2.75, 3.05) is 0 Å². The SMILES string of the molecule is C=C1CCC(C)CC/C=C\C=N1. The maximum atomic E-state index is 4.21. The van der Waals surface area contributed by atoms with Crippen molar-refractivity contribution < 1.29 is 0 Å². The van der Waals surface area contributed by atoms with Gasteiger partial charge in [-0.3, -0.25) is 4.99 Å². The Bertz CT molecular complexity index is 201. The van der Waals surface area contributed by atoms with Gasteiger partial charge in [-0.1, -0.05) is 19.6 Å². The van der Waals surface area contributed by atoms with Gasteiger partial charge in [0, 0.05) is 11.9 Å². The van der Waals surface area contributed by atoms with Gasteiger partial charge in [-0.2, -0.15) is 0 Å². The van der Waals surface area contributed by atoms with Gasteiger partial charge in [0.05, 0.1) is 0 Å². The summed E-state index contributed by atoms with van der Waals surface area (Å²) < 4.78 is 0.